The fourth-order valence-electron chi connectivity index (χ4n) is 3.08. The lowest BCUT2D eigenvalue weighted by Gasteiger charge is -2.02. The molecule has 1 aromatic heterocycles. The van der Waals surface area contributed by atoms with Crippen molar-refractivity contribution < 1.29 is 5.11 Å². The SMILES string of the molecule is CCn1c2ccccc2c2cc(N=Nc3ccc(O)cc3)ccc21. The number of aryl methyl sites for hydroxylation is 1. The summed E-state index contributed by atoms with van der Waals surface area (Å²) in [6.07, 6.45) is 0. The molecule has 0 aliphatic carbocycles. The molecule has 0 aliphatic heterocycles. The number of benzene rings is 3. The minimum Gasteiger partial charge on any atom is -0.508 e. The van der Waals surface area contributed by atoms with Crippen LogP contribution in [0.2, 0.25) is 0 Å². The van der Waals surface area contributed by atoms with Gasteiger partial charge < -0.3 is 9.67 Å². The van der Waals surface area contributed by atoms with Crippen LogP contribution in [0.3, 0.4) is 0 Å². The van der Waals surface area contributed by atoms with E-state index in [-0.39, 0.29) is 5.75 Å². The number of aromatic nitrogens is 1. The van der Waals surface area contributed by atoms with E-state index in [0.29, 0.717) is 5.69 Å². The van der Waals surface area contributed by atoms with Crippen LogP contribution in [0.1, 0.15) is 6.92 Å². The molecule has 0 aliphatic rings. The number of rotatable bonds is 3. The van der Waals surface area contributed by atoms with Gasteiger partial charge in [0.25, 0.3) is 0 Å². The van der Waals surface area contributed by atoms with E-state index in [1.54, 1.807) is 24.3 Å². The normalized spacial score (nSPS) is 11.7. The first-order valence-corrected chi connectivity index (χ1v) is 7.98. The van der Waals surface area contributed by atoms with Crippen LogP contribution < -0.4 is 0 Å². The summed E-state index contributed by atoms with van der Waals surface area (Å²) >= 11 is 0. The lowest BCUT2D eigenvalue weighted by molar-refractivity contribution is 0.475. The molecule has 4 rings (SSSR count). The molecular weight excluding hydrogens is 298 g/mol. The Morgan fingerprint density at radius 2 is 1.46 bits per heavy atom. The molecule has 0 unspecified atom stereocenters. The number of hydrogen-bond donors (Lipinski definition) is 1. The molecule has 1 N–H and O–H groups in total. The summed E-state index contributed by atoms with van der Waals surface area (Å²) in [5, 5.41) is 20.3. The zero-order chi connectivity index (χ0) is 16.5. The summed E-state index contributed by atoms with van der Waals surface area (Å²) in [4.78, 5) is 0. The number of phenols is 1. The van der Waals surface area contributed by atoms with Gasteiger partial charge in [0.1, 0.15) is 5.75 Å². The number of para-hydroxylation sites is 1. The highest BCUT2D eigenvalue weighted by Gasteiger charge is 2.09. The Morgan fingerprint density at radius 3 is 2.25 bits per heavy atom. The van der Waals surface area contributed by atoms with Gasteiger partial charge >= 0.3 is 0 Å². The Balaban J connectivity index is 1.80. The van der Waals surface area contributed by atoms with Crippen LogP contribution in [-0.2, 0) is 6.54 Å². The van der Waals surface area contributed by atoms with Crippen molar-refractivity contribution in [2.75, 3.05) is 0 Å². The van der Waals surface area contributed by atoms with E-state index in [2.05, 4.69) is 58.1 Å². The lowest BCUT2D eigenvalue weighted by Crippen LogP contribution is -1.92. The van der Waals surface area contributed by atoms with E-state index in [4.69, 9.17) is 0 Å². The second kappa shape index (κ2) is 5.81. The van der Waals surface area contributed by atoms with Gasteiger partial charge in [-0.1, -0.05) is 18.2 Å². The van der Waals surface area contributed by atoms with Crippen molar-refractivity contribution in [3.8, 4) is 5.75 Å². The van der Waals surface area contributed by atoms with Gasteiger partial charge in [-0.05, 0) is 55.5 Å². The van der Waals surface area contributed by atoms with E-state index in [0.717, 1.165) is 12.2 Å². The Bertz CT molecular complexity index is 1050. The molecule has 0 bridgehead atoms. The zero-order valence-corrected chi connectivity index (χ0v) is 13.3. The van der Waals surface area contributed by atoms with Crippen LogP contribution in [0.15, 0.2) is 77.0 Å². The molecule has 118 valence electrons. The lowest BCUT2D eigenvalue weighted by atomic mass is 10.1. The highest BCUT2D eigenvalue weighted by atomic mass is 16.3. The molecule has 4 aromatic rings. The van der Waals surface area contributed by atoms with E-state index in [1.807, 2.05) is 6.07 Å². The second-order valence-corrected chi connectivity index (χ2v) is 5.68. The van der Waals surface area contributed by atoms with Crippen molar-refractivity contribution in [1.82, 2.24) is 4.57 Å². The second-order valence-electron chi connectivity index (χ2n) is 5.68. The van der Waals surface area contributed by atoms with Crippen molar-refractivity contribution in [3.05, 3.63) is 66.7 Å². The summed E-state index contributed by atoms with van der Waals surface area (Å²) in [5.41, 5.74) is 3.98. The maximum absolute atomic E-state index is 9.31. The van der Waals surface area contributed by atoms with Crippen LogP contribution in [0.25, 0.3) is 21.8 Å². The van der Waals surface area contributed by atoms with Gasteiger partial charge in [0, 0.05) is 28.4 Å². The minimum absolute atomic E-state index is 0.225. The Kier molecular flexibility index (Phi) is 3.50. The van der Waals surface area contributed by atoms with Gasteiger partial charge in [-0.2, -0.15) is 10.2 Å². The van der Waals surface area contributed by atoms with E-state index in [9.17, 15) is 5.11 Å². The molecule has 4 heteroatoms. The predicted molar refractivity (Wildman–Crippen MR) is 97.4 cm³/mol. The van der Waals surface area contributed by atoms with Crippen molar-refractivity contribution in [2.45, 2.75) is 13.5 Å². The smallest absolute Gasteiger partial charge is 0.115 e. The first-order chi connectivity index (χ1) is 11.8. The van der Waals surface area contributed by atoms with Crippen molar-refractivity contribution in [2.24, 2.45) is 10.2 Å². The summed E-state index contributed by atoms with van der Waals surface area (Å²) in [6.45, 7) is 3.09. The molecule has 0 radical (unpaired) electrons. The number of aromatic hydroxyl groups is 1. The summed E-state index contributed by atoms with van der Waals surface area (Å²) in [5.74, 6) is 0.225. The van der Waals surface area contributed by atoms with Gasteiger partial charge in [-0.25, -0.2) is 0 Å². The van der Waals surface area contributed by atoms with Gasteiger partial charge in [0.2, 0.25) is 0 Å². The third kappa shape index (κ3) is 2.42. The molecule has 0 saturated carbocycles. The van der Waals surface area contributed by atoms with Crippen LogP contribution in [0.5, 0.6) is 5.75 Å². The maximum atomic E-state index is 9.31. The number of nitrogens with zero attached hydrogens (tertiary/aromatic N) is 3. The minimum atomic E-state index is 0.225. The van der Waals surface area contributed by atoms with Crippen LogP contribution in [0.4, 0.5) is 11.4 Å². The maximum Gasteiger partial charge on any atom is 0.115 e. The Hall–Kier alpha value is -3.14. The van der Waals surface area contributed by atoms with Gasteiger partial charge in [0.05, 0.1) is 11.4 Å². The van der Waals surface area contributed by atoms with Crippen LogP contribution in [-0.4, -0.2) is 9.67 Å². The standard InChI is InChI=1S/C20H17N3O/c1-2-23-19-6-4-3-5-17(19)18-13-15(9-12-20(18)23)22-21-14-7-10-16(24)11-8-14/h3-13,24H,2H2,1H3. The van der Waals surface area contributed by atoms with E-state index in [1.165, 1.54) is 21.8 Å². The first kappa shape index (κ1) is 14.5. The van der Waals surface area contributed by atoms with Crippen molar-refractivity contribution >= 4 is 33.2 Å². The average molecular weight is 315 g/mol. The molecule has 0 saturated heterocycles. The third-order valence-corrected chi connectivity index (χ3v) is 4.20. The molecule has 0 atom stereocenters. The molecule has 4 nitrogen and oxygen atoms in total. The molecule has 1 heterocycles. The quantitative estimate of drug-likeness (QED) is 0.468. The third-order valence-electron chi connectivity index (χ3n) is 4.20. The molecule has 0 amide bonds. The fourth-order valence-corrected chi connectivity index (χ4v) is 3.08. The molecule has 0 fully saturated rings. The Morgan fingerprint density at radius 1 is 0.792 bits per heavy atom. The summed E-state index contributed by atoms with van der Waals surface area (Å²) in [7, 11) is 0. The predicted octanol–water partition coefficient (Wildman–Crippen LogP) is 5.94. The van der Waals surface area contributed by atoms with E-state index < -0.39 is 0 Å². The van der Waals surface area contributed by atoms with Crippen LogP contribution >= 0.6 is 0 Å². The molecule has 3 aromatic carbocycles. The summed E-state index contributed by atoms with van der Waals surface area (Å²) < 4.78 is 2.31. The highest BCUT2D eigenvalue weighted by Crippen LogP contribution is 2.32. The largest absolute Gasteiger partial charge is 0.508 e. The average Bonchev–Trinajstić information content (AvgIpc) is 2.94. The van der Waals surface area contributed by atoms with Crippen molar-refractivity contribution in [1.29, 1.82) is 0 Å². The van der Waals surface area contributed by atoms with Crippen molar-refractivity contribution in [3.63, 3.8) is 0 Å². The van der Waals surface area contributed by atoms with E-state index >= 15 is 0 Å². The number of phenolic OH excluding ortho intramolecular Hbond substituents is 1. The molecule has 24 heavy (non-hydrogen) atoms. The number of azo groups is 1. The van der Waals surface area contributed by atoms with Gasteiger partial charge in [-0.3, -0.25) is 0 Å². The molecular formula is C20H17N3O. The monoisotopic (exact) mass is 315 g/mol. The number of hydrogen-bond acceptors (Lipinski definition) is 3. The van der Waals surface area contributed by atoms with Gasteiger partial charge in [-0.15, -0.1) is 0 Å². The van der Waals surface area contributed by atoms with Gasteiger partial charge in [0.15, 0.2) is 0 Å². The molecule has 0 spiro atoms. The fraction of sp³-hybridized carbons (Fsp3) is 0.100. The topological polar surface area (TPSA) is 49.9 Å². The Labute approximate surface area is 139 Å². The van der Waals surface area contributed by atoms with Crippen LogP contribution in [0, 0.1) is 0 Å². The summed E-state index contributed by atoms with van der Waals surface area (Å²) in [6, 6.07) is 21.3. The zero-order valence-electron chi connectivity index (χ0n) is 13.3. The first-order valence-electron chi connectivity index (χ1n) is 7.98. The number of fused-ring (bicyclic) bond motifs is 3. The highest BCUT2D eigenvalue weighted by molar-refractivity contribution is 6.08.